The first-order chi connectivity index (χ1) is 11.3. The number of alkyl halides is 3. The highest BCUT2D eigenvalue weighted by molar-refractivity contribution is 7.90. The number of hydrogen-bond acceptors (Lipinski definition) is 5. The molecule has 11 heteroatoms. The van der Waals surface area contributed by atoms with Crippen LogP contribution in [0, 0.1) is 5.41 Å². The predicted molar refractivity (Wildman–Crippen MR) is 93.4 cm³/mol. The lowest BCUT2D eigenvalue weighted by atomic mass is 9.90. The van der Waals surface area contributed by atoms with Gasteiger partial charge in [-0.15, -0.1) is 11.3 Å². The summed E-state index contributed by atoms with van der Waals surface area (Å²) in [5.41, 5.74) is -1.19. The van der Waals surface area contributed by atoms with Crippen LogP contribution in [0.3, 0.4) is 0 Å². The van der Waals surface area contributed by atoms with Crippen molar-refractivity contribution in [3.63, 3.8) is 0 Å². The number of guanidine groups is 1. The number of aliphatic imine (C=N–C) groups is 1. The topological polar surface area (TPSA) is 83.4 Å². The van der Waals surface area contributed by atoms with Crippen molar-refractivity contribution >= 4 is 27.1 Å². The van der Waals surface area contributed by atoms with E-state index in [0.717, 1.165) is 16.7 Å². The number of aromatic nitrogens is 1. The molecule has 25 heavy (non-hydrogen) atoms. The summed E-state index contributed by atoms with van der Waals surface area (Å²) < 4.78 is 60.1. The first kappa shape index (κ1) is 21.7. The molecule has 1 aromatic rings. The van der Waals surface area contributed by atoms with Gasteiger partial charge in [0.2, 0.25) is 0 Å². The quantitative estimate of drug-likeness (QED) is 0.542. The normalized spacial score (nSPS) is 13.8. The average Bonchev–Trinajstić information content (AvgIpc) is 2.94. The van der Waals surface area contributed by atoms with Crippen LogP contribution in [0.15, 0.2) is 10.4 Å². The van der Waals surface area contributed by atoms with E-state index in [-0.39, 0.29) is 17.7 Å². The Morgan fingerprint density at radius 1 is 1.32 bits per heavy atom. The van der Waals surface area contributed by atoms with Gasteiger partial charge in [-0.05, 0) is 11.8 Å². The Balaban J connectivity index is 2.51. The Kier molecular flexibility index (Phi) is 7.24. The van der Waals surface area contributed by atoms with Gasteiger partial charge in [-0.2, -0.15) is 13.2 Å². The minimum Gasteiger partial charge on any atom is -0.356 e. The van der Waals surface area contributed by atoms with Gasteiger partial charge in [0.25, 0.3) is 0 Å². The Morgan fingerprint density at radius 2 is 1.96 bits per heavy atom. The molecule has 0 atom stereocenters. The van der Waals surface area contributed by atoms with E-state index >= 15 is 0 Å². The predicted octanol–water partition coefficient (Wildman–Crippen LogP) is 2.29. The van der Waals surface area contributed by atoms with Crippen LogP contribution >= 0.6 is 11.3 Å². The molecule has 0 fully saturated rings. The van der Waals surface area contributed by atoms with Gasteiger partial charge in [0, 0.05) is 25.2 Å². The summed E-state index contributed by atoms with van der Waals surface area (Å²) in [5.74, 6) is 0.503. The Hall–Kier alpha value is -1.36. The van der Waals surface area contributed by atoms with E-state index in [9.17, 15) is 21.6 Å². The largest absolute Gasteiger partial charge is 0.434 e. The highest BCUT2D eigenvalue weighted by Crippen LogP contribution is 2.29. The maximum atomic E-state index is 12.5. The van der Waals surface area contributed by atoms with Gasteiger partial charge in [-0.1, -0.05) is 13.8 Å². The number of sulfone groups is 1. The van der Waals surface area contributed by atoms with Crippen LogP contribution in [-0.4, -0.2) is 45.0 Å². The molecule has 144 valence electrons. The van der Waals surface area contributed by atoms with Crippen molar-refractivity contribution in [3.05, 3.63) is 16.1 Å². The minimum absolute atomic E-state index is 0.0903. The van der Waals surface area contributed by atoms with Gasteiger partial charge in [0.1, 0.15) is 14.8 Å². The molecule has 0 unspecified atom stereocenters. The second-order valence-electron chi connectivity index (χ2n) is 6.45. The third kappa shape index (κ3) is 8.52. The second kappa shape index (κ2) is 8.35. The third-order valence-electron chi connectivity index (χ3n) is 3.36. The number of nitrogens with zero attached hydrogens (tertiary/aromatic N) is 2. The maximum absolute atomic E-state index is 12.5. The van der Waals surface area contributed by atoms with Crippen molar-refractivity contribution in [3.8, 4) is 0 Å². The molecule has 6 nitrogen and oxygen atoms in total. The van der Waals surface area contributed by atoms with Crippen molar-refractivity contribution in [1.29, 1.82) is 0 Å². The summed E-state index contributed by atoms with van der Waals surface area (Å²) in [6.07, 6.45) is -2.77. The first-order valence-corrected chi connectivity index (χ1v) is 10.4. The summed E-state index contributed by atoms with van der Waals surface area (Å²) in [4.78, 5) is 7.54. The standard InChI is InChI=1S/C14H23F3N4O2S2/c1-13(2,5-6-25(4,22)23)9-20-12(18-3)19-7-11-21-10(8-24-11)14(15,16)17/h8H,5-7,9H2,1-4H3,(H2,18,19,20). The van der Waals surface area contributed by atoms with Gasteiger partial charge in [0.15, 0.2) is 11.7 Å². The molecule has 0 aliphatic heterocycles. The lowest BCUT2D eigenvalue weighted by molar-refractivity contribution is -0.140. The summed E-state index contributed by atoms with van der Waals surface area (Å²) in [5, 5.41) is 7.22. The average molecular weight is 400 g/mol. The van der Waals surface area contributed by atoms with Crippen molar-refractivity contribution in [2.24, 2.45) is 10.4 Å². The molecule has 0 aliphatic carbocycles. The fraction of sp³-hybridized carbons (Fsp3) is 0.714. The van der Waals surface area contributed by atoms with Crippen LogP contribution in [0.1, 0.15) is 31.0 Å². The van der Waals surface area contributed by atoms with E-state index in [1.807, 2.05) is 13.8 Å². The maximum Gasteiger partial charge on any atom is 0.434 e. The highest BCUT2D eigenvalue weighted by atomic mass is 32.2. The van der Waals surface area contributed by atoms with Crippen molar-refractivity contribution in [1.82, 2.24) is 15.6 Å². The zero-order chi connectivity index (χ0) is 19.3. The molecule has 1 rings (SSSR count). The zero-order valence-electron chi connectivity index (χ0n) is 14.6. The van der Waals surface area contributed by atoms with Crippen molar-refractivity contribution in [2.45, 2.75) is 33.0 Å². The molecule has 0 aliphatic rings. The Morgan fingerprint density at radius 3 is 2.44 bits per heavy atom. The zero-order valence-corrected chi connectivity index (χ0v) is 16.2. The molecule has 0 saturated heterocycles. The van der Waals surface area contributed by atoms with E-state index in [4.69, 9.17) is 0 Å². The number of rotatable bonds is 7. The van der Waals surface area contributed by atoms with Gasteiger partial charge < -0.3 is 10.6 Å². The smallest absolute Gasteiger partial charge is 0.356 e. The monoisotopic (exact) mass is 400 g/mol. The molecule has 1 heterocycles. The summed E-state index contributed by atoms with van der Waals surface area (Å²) in [6.45, 7) is 4.43. The first-order valence-electron chi connectivity index (χ1n) is 7.46. The van der Waals surface area contributed by atoms with Crippen LogP contribution in [0.2, 0.25) is 0 Å². The van der Waals surface area contributed by atoms with Gasteiger partial charge >= 0.3 is 6.18 Å². The lowest BCUT2D eigenvalue weighted by Crippen LogP contribution is -2.42. The third-order valence-corrected chi connectivity index (χ3v) is 5.15. The molecule has 0 bridgehead atoms. The Labute approximate surface area is 149 Å². The fourth-order valence-corrected chi connectivity index (χ4v) is 3.44. The molecule has 0 aromatic carbocycles. The lowest BCUT2D eigenvalue weighted by Gasteiger charge is -2.25. The van der Waals surface area contributed by atoms with Gasteiger partial charge in [-0.25, -0.2) is 13.4 Å². The van der Waals surface area contributed by atoms with Gasteiger partial charge in [-0.3, -0.25) is 4.99 Å². The van der Waals surface area contributed by atoms with E-state index in [2.05, 4.69) is 20.6 Å². The minimum atomic E-state index is -4.45. The SMILES string of the molecule is CN=C(NCc1nc(C(F)(F)F)cs1)NCC(C)(C)CCS(C)(=O)=O. The number of nitrogens with one attached hydrogen (secondary N) is 2. The van der Waals surface area contributed by atoms with E-state index in [1.165, 1.54) is 6.26 Å². The number of thiazole rings is 1. The Bertz CT molecular complexity index is 697. The molecular formula is C14H23F3N4O2S2. The molecule has 2 N–H and O–H groups in total. The van der Waals surface area contributed by atoms with Crippen LogP contribution < -0.4 is 10.6 Å². The molecule has 1 aromatic heterocycles. The summed E-state index contributed by atoms with van der Waals surface area (Å²) >= 11 is 0.920. The van der Waals surface area contributed by atoms with Crippen LogP contribution in [-0.2, 0) is 22.6 Å². The van der Waals surface area contributed by atoms with E-state index in [0.29, 0.717) is 23.9 Å². The summed E-state index contributed by atoms with van der Waals surface area (Å²) in [6, 6.07) is 0. The molecule has 0 spiro atoms. The summed E-state index contributed by atoms with van der Waals surface area (Å²) in [7, 11) is -1.49. The van der Waals surface area contributed by atoms with Crippen molar-refractivity contribution in [2.75, 3.05) is 25.6 Å². The van der Waals surface area contributed by atoms with Crippen LogP contribution in [0.4, 0.5) is 13.2 Å². The second-order valence-corrected chi connectivity index (χ2v) is 9.65. The highest BCUT2D eigenvalue weighted by Gasteiger charge is 2.33. The van der Waals surface area contributed by atoms with Crippen LogP contribution in [0.25, 0.3) is 0 Å². The number of hydrogen-bond donors (Lipinski definition) is 2. The van der Waals surface area contributed by atoms with Gasteiger partial charge in [0.05, 0.1) is 12.3 Å². The van der Waals surface area contributed by atoms with E-state index < -0.39 is 21.7 Å². The fourth-order valence-electron chi connectivity index (χ4n) is 1.78. The molecule has 0 amide bonds. The van der Waals surface area contributed by atoms with Crippen molar-refractivity contribution < 1.29 is 21.6 Å². The molecular weight excluding hydrogens is 377 g/mol. The molecule has 0 radical (unpaired) electrons. The molecule has 0 saturated carbocycles. The van der Waals surface area contributed by atoms with Crippen LogP contribution in [0.5, 0.6) is 0 Å². The number of halogens is 3. The van der Waals surface area contributed by atoms with E-state index in [1.54, 1.807) is 7.05 Å².